The molecule has 0 saturated heterocycles. The monoisotopic (exact) mass is 488 g/mol. The molecule has 9 heteroatoms. The van der Waals surface area contributed by atoms with Crippen molar-refractivity contribution in [3.8, 4) is 0 Å². The van der Waals surface area contributed by atoms with Gasteiger partial charge in [0, 0.05) is 31.1 Å². The van der Waals surface area contributed by atoms with Gasteiger partial charge in [0.25, 0.3) is 5.56 Å². The summed E-state index contributed by atoms with van der Waals surface area (Å²) in [7, 11) is 1.63. The minimum absolute atomic E-state index is 0.157. The summed E-state index contributed by atoms with van der Waals surface area (Å²) in [5.74, 6) is 0.349. The first kappa shape index (κ1) is 24.0. The Labute approximate surface area is 208 Å². The molecular formula is C27H29FN6O2. The Kier molecular flexibility index (Phi) is 6.75. The minimum Gasteiger partial charge on any atom is -0.383 e. The highest BCUT2D eigenvalue weighted by Crippen LogP contribution is 2.32. The molecule has 1 atom stereocenters. The van der Waals surface area contributed by atoms with E-state index in [0.29, 0.717) is 37.6 Å². The zero-order valence-electron chi connectivity index (χ0n) is 20.7. The summed E-state index contributed by atoms with van der Waals surface area (Å²) in [5.41, 5.74) is 5.56. The summed E-state index contributed by atoms with van der Waals surface area (Å²) in [5, 5.41) is 13.5. The molecule has 0 spiro atoms. The third-order valence-electron chi connectivity index (χ3n) is 6.90. The van der Waals surface area contributed by atoms with Gasteiger partial charge in [0.05, 0.1) is 18.7 Å². The van der Waals surface area contributed by atoms with Gasteiger partial charge >= 0.3 is 0 Å². The number of ether oxygens (including phenoxy) is 1. The molecule has 4 aromatic rings. The number of nitrogens with one attached hydrogen (secondary N) is 1. The zero-order valence-corrected chi connectivity index (χ0v) is 20.7. The Balaban J connectivity index is 1.59. The van der Waals surface area contributed by atoms with Gasteiger partial charge in [0.1, 0.15) is 11.9 Å². The minimum atomic E-state index is -0.448. The lowest BCUT2D eigenvalue weighted by Crippen LogP contribution is -2.38. The molecule has 0 amide bonds. The van der Waals surface area contributed by atoms with Crippen LogP contribution in [0, 0.1) is 19.7 Å². The Hall–Kier alpha value is -3.69. The molecule has 3 heterocycles. The second kappa shape index (κ2) is 10.1. The summed E-state index contributed by atoms with van der Waals surface area (Å²) in [6.45, 7) is 6.25. The number of hydrogen-bond acceptors (Lipinski definition) is 6. The molecule has 0 aliphatic carbocycles. The first-order valence-electron chi connectivity index (χ1n) is 12.0. The predicted octanol–water partition coefficient (Wildman–Crippen LogP) is 3.80. The van der Waals surface area contributed by atoms with Crippen LogP contribution in [0.2, 0.25) is 0 Å². The standard InChI is InChI=1S/C27H29FN6O2/c1-17-4-5-18(2)24-22(17)16-23(27(35)29-24)25(26-30-31-32-34(26)14-15-36-3)33-12-10-20(11-13-33)19-6-8-21(28)9-7-19/h4-10,16,25H,11-15H2,1-3H3,(H,29,35). The van der Waals surface area contributed by atoms with E-state index in [1.807, 2.05) is 26.0 Å². The number of nitrogens with zero attached hydrogens (tertiary/aromatic N) is 5. The normalized spacial score (nSPS) is 15.3. The lowest BCUT2D eigenvalue weighted by molar-refractivity contribution is 0.176. The van der Waals surface area contributed by atoms with E-state index >= 15 is 0 Å². The van der Waals surface area contributed by atoms with E-state index in [-0.39, 0.29) is 11.4 Å². The van der Waals surface area contributed by atoms with Gasteiger partial charge in [-0.3, -0.25) is 9.69 Å². The topological polar surface area (TPSA) is 88.9 Å². The van der Waals surface area contributed by atoms with Gasteiger partial charge in [-0.1, -0.05) is 30.3 Å². The number of benzene rings is 2. The molecule has 1 aliphatic heterocycles. The third-order valence-corrected chi connectivity index (χ3v) is 6.90. The molecule has 8 nitrogen and oxygen atoms in total. The number of halogens is 1. The number of aryl methyl sites for hydroxylation is 2. The van der Waals surface area contributed by atoms with Gasteiger partial charge in [-0.2, -0.15) is 0 Å². The Morgan fingerprint density at radius 3 is 2.64 bits per heavy atom. The molecule has 1 unspecified atom stereocenters. The van der Waals surface area contributed by atoms with Crippen molar-refractivity contribution in [2.75, 3.05) is 26.8 Å². The molecule has 2 aromatic heterocycles. The number of pyridine rings is 1. The number of aromatic amines is 1. The zero-order chi connectivity index (χ0) is 25.2. The van der Waals surface area contributed by atoms with E-state index in [9.17, 15) is 9.18 Å². The van der Waals surface area contributed by atoms with Crippen molar-refractivity contribution in [2.24, 2.45) is 0 Å². The number of tetrazole rings is 1. The molecule has 2 aromatic carbocycles. The molecular weight excluding hydrogens is 459 g/mol. The summed E-state index contributed by atoms with van der Waals surface area (Å²) in [6, 6.07) is 12.2. The number of hydrogen-bond donors (Lipinski definition) is 1. The van der Waals surface area contributed by atoms with Crippen molar-refractivity contribution in [3.05, 3.63) is 92.8 Å². The van der Waals surface area contributed by atoms with Crippen molar-refractivity contribution < 1.29 is 9.13 Å². The van der Waals surface area contributed by atoms with Crippen molar-refractivity contribution in [1.82, 2.24) is 30.1 Å². The van der Waals surface area contributed by atoms with E-state index in [1.54, 1.807) is 23.9 Å². The highest BCUT2D eigenvalue weighted by atomic mass is 19.1. The Morgan fingerprint density at radius 2 is 1.92 bits per heavy atom. The number of rotatable bonds is 7. The van der Waals surface area contributed by atoms with Crippen LogP contribution in [-0.2, 0) is 11.3 Å². The lowest BCUT2D eigenvalue weighted by Gasteiger charge is -2.33. The van der Waals surface area contributed by atoms with Crippen LogP contribution in [0.3, 0.4) is 0 Å². The SMILES string of the molecule is COCCn1nnnc1C(c1cc2c(C)ccc(C)c2[nH]c1=O)N1CC=C(c2ccc(F)cc2)CC1. The van der Waals surface area contributed by atoms with Crippen molar-refractivity contribution in [2.45, 2.75) is 32.9 Å². The fourth-order valence-electron chi connectivity index (χ4n) is 4.88. The Morgan fingerprint density at radius 1 is 1.14 bits per heavy atom. The summed E-state index contributed by atoms with van der Waals surface area (Å²) in [4.78, 5) is 18.8. The van der Waals surface area contributed by atoms with Crippen LogP contribution < -0.4 is 5.56 Å². The van der Waals surface area contributed by atoms with E-state index in [2.05, 4.69) is 37.6 Å². The van der Waals surface area contributed by atoms with Crippen molar-refractivity contribution in [1.29, 1.82) is 0 Å². The second-order valence-electron chi connectivity index (χ2n) is 9.18. The van der Waals surface area contributed by atoms with E-state index in [4.69, 9.17) is 4.74 Å². The molecule has 0 radical (unpaired) electrons. The predicted molar refractivity (Wildman–Crippen MR) is 136 cm³/mol. The van der Waals surface area contributed by atoms with Crippen LogP contribution in [0.1, 0.15) is 40.5 Å². The average Bonchev–Trinajstić information content (AvgIpc) is 3.35. The van der Waals surface area contributed by atoms with Gasteiger partial charge in [-0.25, -0.2) is 9.07 Å². The summed E-state index contributed by atoms with van der Waals surface area (Å²) >= 11 is 0. The van der Waals surface area contributed by atoms with Crippen LogP contribution in [-0.4, -0.2) is 56.9 Å². The van der Waals surface area contributed by atoms with Crippen molar-refractivity contribution in [3.63, 3.8) is 0 Å². The number of H-pyrrole nitrogens is 1. The smallest absolute Gasteiger partial charge is 0.253 e. The maximum atomic E-state index is 13.5. The highest BCUT2D eigenvalue weighted by molar-refractivity contribution is 5.85. The highest BCUT2D eigenvalue weighted by Gasteiger charge is 2.31. The van der Waals surface area contributed by atoms with Gasteiger partial charge in [-0.05, 0) is 71.2 Å². The average molecular weight is 489 g/mol. The van der Waals surface area contributed by atoms with E-state index < -0.39 is 6.04 Å². The molecule has 0 bridgehead atoms. The van der Waals surface area contributed by atoms with Gasteiger partial charge in [0.15, 0.2) is 5.82 Å². The first-order valence-corrected chi connectivity index (χ1v) is 12.0. The van der Waals surface area contributed by atoms with E-state index in [1.165, 1.54) is 12.1 Å². The quantitative estimate of drug-likeness (QED) is 0.426. The molecule has 1 aliphatic rings. The van der Waals surface area contributed by atoms with Crippen LogP contribution in [0.25, 0.3) is 16.5 Å². The summed E-state index contributed by atoms with van der Waals surface area (Å²) in [6.07, 6.45) is 2.89. The molecule has 36 heavy (non-hydrogen) atoms. The van der Waals surface area contributed by atoms with Gasteiger partial charge in [-0.15, -0.1) is 5.10 Å². The molecule has 5 rings (SSSR count). The molecule has 0 fully saturated rings. The van der Waals surface area contributed by atoms with Crippen LogP contribution >= 0.6 is 0 Å². The first-order chi connectivity index (χ1) is 17.5. The number of methoxy groups -OCH3 is 1. The molecule has 186 valence electrons. The fourth-order valence-corrected chi connectivity index (χ4v) is 4.88. The van der Waals surface area contributed by atoms with Gasteiger partial charge in [0.2, 0.25) is 0 Å². The van der Waals surface area contributed by atoms with Crippen LogP contribution in [0.5, 0.6) is 0 Å². The van der Waals surface area contributed by atoms with Crippen LogP contribution in [0.15, 0.2) is 53.3 Å². The fraction of sp³-hybridized carbons (Fsp3) is 0.333. The van der Waals surface area contributed by atoms with Gasteiger partial charge < -0.3 is 9.72 Å². The maximum absolute atomic E-state index is 13.5. The lowest BCUT2D eigenvalue weighted by atomic mass is 9.95. The third kappa shape index (κ3) is 4.59. The second-order valence-corrected chi connectivity index (χ2v) is 9.18. The Bertz CT molecular complexity index is 1470. The van der Waals surface area contributed by atoms with E-state index in [0.717, 1.165) is 39.6 Å². The summed E-state index contributed by atoms with van der Waals surface area (Å²) < 4.78 is 20.4. The number of fused-ring (bicyclic) bond motifs is 1. The maximum Gasteiger partial charge on any atom is 0.253 e. The largest absolute Gasteiger partial charge is 0.383 e. The molecule has 0 saturated carbocycles. The van der Waals surface area contributed by atoms with Crippen LogP contribution in [0.4, 0.5) is 4.39 Å². The van der Waals surface area contributed by atoms with Crippen molar-refractivity contribution >= 4 is 16.5 Å². The molecule has 1 N–H and O–H groups in total. The number of aromatic nitrogens is 5.